The number of benzene rings is 1. The molecule has 1 heterocycles. The van der Waals surface area contributed by atoms with E-state index in [0.717, 1.165) is 31.5 Å². The van der Waals surface area contributed by atoms with Gasteiger partial charge in [-0.1, -0.05) is 12.0 Å². The van der Waals surface area contributed by atoms with Crippen molar-refractivity contribution in [1.82, 2.24) is 4.90 Å². The average molecular weight is 336 g/mol. The van der Waals surface area contributed by atoms with Gasteiger partial charge in [0.2, 0.25) is 5.91 Å². The van der Waals surface area contributed by atoms with Gasteiger partial charge in [0.15, 0.2) is 0 Å². The van der Waals surface area contributed by atoms with E-state index >= 15 is 0 Å². The Morgan fingerprint density at radius 3 is 2.79 bits per heavy atom. The van der Waals surface area contributed by atoms with Crippen LogP contribution in [0.2, 0.25) is 0 Å². The zero-order valence-electron chi connectivity index (χ0n) is 13.7. The minimum atomic E-state index is -2.53. The number of aryl methyl sites for hydroxylation is 1. The lowest BCUT2D eigenvalue weighted by atomic mass is 9.96. The predicted octanol–water partition coefficient (Wildman–Crippen LogP) is 2.92. The fourth-order valence-corrected chi connectivity index (χ4v) is 2.71. The molecule has 1 aromatic rings. The van der Waals surface area contributed by atoms with E-state index in [1.54, 1.807) is 25.1 Å². The molecule has 1 aliphatic rings. The highest BCUT2D eigenvalue weighted by Crippen LogP contribution is 2.25. The largest absolute Gasteiger partial charge is 0.487 e. The third-order valence-corrected chi connectivity index (χ3v) is 4.09. The molecule has 1 aliphatic heterocycles. The number of ether oxygens (including phenoxy) is 1. The molecule has 0 bridgehead atoms. The van der Waals surface area contributed by atoms with Crippen LogP contribution in [0.4, 0.5) is 14.5 Å². The molecule has 0 atom stereocenters. The first-order valence-electron chi connectivity index (χ1n) is 7.98. The van der Waals surface area contributed by atoms with Crippen LogP contribution < -0.4 is 10.1 Å². The van der Waals surface area contributed by atoms with Crippen LogP contribution in [0.3, 0.4) is 0 Å². The molecule has 0 radical (unpaired) electrons. The number of nitrogens with zero attached hydrogens (tertiary/aromatic N) is 1. The normalized spacial score (nSPS) is 16.0. The Morgan fingerprint density at radius 1 is 1.46 bits per heavy atom. The number of nitrogens with one attached hydrogen (secondary N) is 1. The SMILES string of the molecule is C#CCN1CCC(C(=O)Nc2ccc(C)c(OCC(F)F)c2)CC1. The van der Waals surface area contributed by atoms with Crippen molar-refractivity contribution in [2.75, 3.05) is 31.6 Å². The van der Waals surface area contributed by atoms with Crippen molar-refractivity contribution in [3.8, 4) is 18.1 Å². The van der Waals surface area contributed by atoms with Gasteiger partial charge in [-0.2, -0.15) is 0 Å². The molecule has 0 aromatic heterocycles. The van der Waals surface area contributed by atoms with Crippen molar-refractivity contribution >= 4 is 11.6 Å². The van der Waals surface area contributed by atoms with Crippen molar-refractivity contribution in [3.05, 3.63) is 23.8 Å². The van der Waals surface area contributed by atoms with Gasteiger partial charge in [0.05, 0.1) is 6.54 Å². The zero-order chi connectivity index (χ0) is 17.5. The number of alkyl halides is 2. The zero-order valence-corrected chi connectivity index (χ0v) is 13.7. The van der Waals surface area contributed by atoms with Crippen LogP contribution in [-0.2, 0) is 4.79 Å². The Labute approximate surface area is 141 Å². The van der Waals surface area contributed by atoms with Crippen molar-refractivity contribution in [3.63, 3.8) is 0 Å². The first-order chi connectivity index (χ1) is 11.5. The van der Waals surface area contributed by atoms with Gasteiger partial charge in [-0.3, -0.25) is 9.69 Å². The topological polar surface area (TPSA) is 41.6 Å². The number of halogens is 2. The Morgan fingerprint density at radius 2 is 2.17 bits per heavy atom. The highest BCUT2D eigenvalue weighted by molar-refractivity contribution is 5.92. The van der Waals surface area contributed by atoms with Gasteiger partial charge in [0, 0.05) is 17.7 Å². The number of carbonyl (C=O) groups is 1. The number of hydrogen-bond acceptors (Lipinski definition) is 3. The molecule has 1 saturated heterocycles. The van der Waals surface area contributed by atoms with Crippen molar-refractivity contribution < 1.29 is 18.3 Å². The highest BCUT2D eigenvalue weighted by Gasteiger charge is 2.24. The number of terminal acetylenes is 1. The number of rotatable bonds is 6. The van der Waals surface area contributed by atoms with Crippen LogP contribution in [0.5, 0.6) is 5.75 Å². The summed E-state index contributed by atoms with van der Waals surface area (Å²) in [5.74, 6) is 2.85. The molecule has 1 aromatic carbocycles. The van der Waals surface area contributed by atoms with Gasteiger partial charge in [0.25, 0.3) is 6.43 Å². The van der Waals surface area contributed by atoms with Gasteiger partial charge in [-0.15, -0.1) is 6.42 Å². The van der Waals surface area contributed by atoms with E-state index in [4.69, 9.17) is 11.2 Å². The quantitative estimate of drug-likeness (QED) is 0.812. The molecule has 0 spiro atoms. The predicted molar refractivity (Wildman–Crippen MR) is 89.3 cm³/mol. The van der Waals surface area contributed by atoms with E-state index in [9.17, 15) is 13.6 Å². The Bertz CT molecular complexity index is 606. The van der Waals surface area contributed by atoms with Crippen LogP contribution in [0.15, 0.2) is 18.2 Å². The number of hydrogen-bond donors (Lipinski definition) is 1. The summed E-state index contributed by atoms with van der Waals surface area (Å²) >= 11 is 0. The van der Waals surface area contributed by atoms with E-state index in [0.29, 0.717) is 18.0 Å². The molecule has 2 rings (SSSR count). The second-order valence-electron chi connectivity index (χ2n) is 5.93. The maximum absolute atomic E-state index is 12.4. The summed E-state index contributed by atoms with van der Waals surface area (Å²) in [6.07, 6.45) is 4.28. The van der Waals surface area contributed by atoms with E-state index in [1.807, 2.05) is 0 Å². The molecule has 4 nitrogen and oxygen atoms in total. The van der Waals surface area contributed by atoms with Gasteiger partial charge < -0.3 is 10.1 Å². The maximum Gasteiger partial charge on any atom is 0.272 e. The summed E-state index contributed by atoms with van der Waals surface area (Å²) in [4.78, 5) is 14.5. The van der Waals surface area contributed by atoms with Crippen molar-refractivity contribution in [1.29, 1.82) is 0 Å². The first kappa shape index (κ1) is 18.2. The molecule has 130 valence electrons. The number of carbonyl (C=O) groups excluding carboxylic acids is 1. The van der Waals surface area contributed by atoms with E-state index < -0.39 is 13.0 Å². The summed E-state index contributed by atoms with van der Waals surface area (Å²) in [6.45, 7) is 3.33. The minimum Gasteiger partial charge on any atom is -0.487 e. The van der Waals surface area contributed by atoms with Crippen LogP contribution in [0.25, 0.3) is 0 Å². The lowest BCUT2D eigenvalue weighted by molar-refractivity contribution is -0.121. The number of anilines is 1. The Hall–Kier alpha value is -2.13. The molecule has 0 saturated carbocycles. The third kappa shape index (κ3) is 5.20. The lowest BCUT2D eigenvalue weighted by Gasteiger charge is -2.29. The number of amides is 1. The van der Waals surface area contributed by atoms with Gasteiger partial charge in [-0.05, 0) is 44.5 Å². The van der Waals surface area contributed by atoms with Gasteiger partial charge >= 0.3 is 0 Å². The molecular formula is C18H22F2N2O2. The molecule has 0 aliphatic carbocycles. The summed E-state index contributed by atoms with van der Waals surface area (Å²) in [5, 5.41) is 2.85. The molecule has 1 amide bonds. The smallest absolute Gasteiger partial charge is 0.272 e. The van der Waals surface area contributed by atoms with Crippen molar-refractivity contribution in [2.45, 2.75) is 26.2 Å². The molecule has 1 fully saturated rings. The summed E-state index contributed by atoms with van der Waals surface area (Å²) in [5.41, 5.74) is 1.30. The highest BCUT2D eigenvalue weighted by atomic mass is 19.3. The van der Waals surface area contributed by atoms with Crippen LogP contribution in [0.1, 0.15) is 18.4 Å². The summed E-state index contributed by atoms with van der Waals surface area (Å²) in [7, 11) is 0. The average Bonchev–Trinajstić information content (AvgIpc) is 2.56. The van der Waals surface area contributed by atoms with Gasteiger partial charge in [0.1, 0.15) is 12.4 Å². The standard InChI is InChI=1S/C18H22F2N2O2/c1-3-8-22-9-6-14(7-10-22)18(23)21-15-5-4-13(2)16(11-15)24-12-17(19)20/h1,4-5,11,14,17H,6-10,12H2,2H3,(H,21,23). The third-order valence-electron chi connectivity index (χ3n) is 4.09. The summed E-state index contributed by atoms with van der Waals surface area (Å²) in [6, 6.07) is 5.07. The molecule has 1 N–H and O–H groups in total. The van der Waals surface area contributed by atoms with E-state index in [1.165, 1.54) is 0 Å². The van der Waals surface area contributed by atoms with Crippen LogP contribution in [0, 0.1) is 25.2 Å². The first-order valence-corrected chi connectivity index (χ1v) is 7.98. The number of likely N-dealkylation sites (tertiary alicyclic amines) is 1. The molecule has 24 heavy (non-hydrogen) atoms. The van der Waals surface area contributed by atoms with E-state index in [-0.39, 0.29) is 11.8 Å². The fraction of sp³-hybridized carbons (Fsp3) is 0.500. The lowest BCUT2D eigenvalue weighted by Crippen LogP contribution is -2.38. The molecular weight excluding hydrogens is 314 g/mol. The van der Waals surface area contributed by atoms with Gasteiger partial charge in [-0.25, -0.2) is 8.78 Å². The number of piperidine rings is 1. The second kappa shape index (κ2) is 8.65. The molecule has 0 unspecified atom stereocenters. The summed E-state index contributed by atoms with van der Waals surface area (Å²) < 4.78 is 29.6. The monoisotopic (exact) mass is 336 g/mol. The van der Waals surface area contributed by atoms with Crippen LogP contribution >= 0.6 is 0 Å². The minimum absolute atomic E-state index is 0.0565. The van der Waals surface area contributed by atoms with Crippen molar-refractivity contribution in [2.24, 2.45) is 5.92 Å². The van der Waals surface area contributed by atoms with E-state index in [2.05, 4.69) is 16.1 Å². The maximum atomic E-state index is 12.4. The fourth-order valence-electron chi connectivity index (χ4n) is 2.71. The van der Waals surface area contributed by atoms with Crippen LogP contribution in [-0.4, -0.2) is 43.5 Å². The Kier molecular flexibility index (Phi) is 6.56. The Balaban J connectivity index is 1.92. The second-order valence-corrected chi connectivity index (χ2v) is 5.93. The molecule has 6 heteroatoms.